The number of rotatable bonds is 12. The van der Waals surface area contributed by atoms with Crippen LogP contribution in [-0.4, -0.2) is 17.5 Å². The van der Waals surface area contributed by atoms with Gasteiger partial charge in [0, 0.05) is 6.42 Å². The van der Waals surface area contributed by atoms with E-state index in [0.717, 1.165) is 31.2 Å². The minimum atomic E-state index is 0.156. The van der Waals surface area contributed by atoms with Crippen LogP contribution in [0.5, 0.6) is 11.5 Å². The number of aryl methyl sites for hydroxylation is 1. The van der Waals surface area contributed by atoms with Gasteiger partial charge in [-0.15, -0.1) is 0 Å². The van der Waals surface area contributed by atoms with Gasteiger partial charge in [-0.3, -0.25) is 4.79 Å². The molecule has 0 heterocycles. The van der Waals surface area contributed by atoms with Crippen LogP contribution in [-0.2, 0) is 11.2 Å². The lowest BCUT2D eigenvalue weighted by Crippen LogP contribution is -1.99. The average Bonchev–Trinajstić information content (AvgIpc) is 2.55. The van der Waals surface area contributed by atoms with Crippen molar-refractivity contribution >= 4 is 5.78 Å². The van der Waals surface area contributed by atoms with E-state index < -0.39 is 0 Å². The predicted octanol–water partition coefficient (Wildman–Crippen LogP) is 5.21. The molecule has 0 aromatic heterocycles. The van der Waals surface area contributed by atoms with Gasteiger partial charge < -0.3 is 9.84 Å². The summed E-state index contributed by atoms with van der Waals surface area (Å²) in [5, 5.41) is 9.80. The molecule has 1 aromatic rings. The van der Waals surface area contributed by atoms with E-state index in [1.165, 1.54) is 12.8 Å². The summed E-state index contributed by atoms with van der Waals surface area (Å²) < 4.78 is 5.58. The van der Waals surface area contributed by atoms with Crippen molar-refractivity contribution in [1.29, 1.82) is 0 Å². The molecule has 0 spiro atoms. The fourth-order valence-electron chi connectivity index (χ4n) is 2.23. The summed E-state index contributed by atoms with van der Waals surface area (Å²) in [5.74, 6) is 0.827. The summed E-state index contributed by atoms with van der Waals surface area (Å²) in [6, 6.07) is 5.32. The van der Waals surface area contributed by atoms with Crippen molar-refractivity contribution in [2.75, 3.05) is 6.61 Å². The molecule has 128 valence electrons. The Balaban J connectivity index is 2.41. The standard InChI is InChI=1S/C20H30O3/c1-3-5-7-8-9-10-18(21)13-11-17-12-14-19(22)20(16-17)23-15-6-4-2/h9-10,12,14,16,22H,3-8,11,13,15H2,1-2H3. The van der Waals surface area contributed by atoms with Crippen LogP contribution < -0.4 is 4.74 Å². The van der Waals surface area contributed by atoms with E-state index in [9.17, 15) is 9.90 Å². The third-order valence-corrected chi connectivity index (χ3v) is 3.72. The molecule has 0 fully saturated rings. The molecule has 0 saturated heterocycles. The number of hydrogen-bond acceptors (Lipinski definition) is 3. The Bertz CT molecular complexity index is 492. The van der Waals surface area contributed by atoms with Crippen LogP contribution in [0.2, 0.25) is 0 Å². The number of hydrogen-bond donors (Lipinski definition) is 1. The molecule has 1 N–H and O–H groups in total. The molecule has 0 amide bonds. The Morgan fingerprint density at radius 2 is 1.96 bits per heavy atom. The summed E-state index contributed by atoms with van der Waals surface area (Å²) in [6.07, 6.45) is 11.4. The molecule has 0 unspecified atom stereocenters. The van der Waals surface area contributed by atoms with Crippen molar-refractivity contribution in [3.8, 4) is 11.5 Å². The molecule has 0 atom stereocenters. The molecular weight excluding hydrogens is 288 g/mol. The van der Waals surface area contributed by atoms with E-state index in [2.05, 4.69) is 13.8 Å². The summed E-state index contributed by atoms with van der Waals surface area (Å²) in [5.41, 5.74) is 1.02. The fourth-order valence-corrected chi connectivity index (χ4v) is 2.23. The second-order valence-electron chi connectivity index (χ2n) is 5.87. The molecule has 3 heteroatoms. The van der Waals surface area contributed by atoms with Gasteiger partial charge in [-0.1, -0.05) is 45.3 Å². The topological polar surface area (TPSA) is 46.5 Å². The largest absolute Gasteiger partial charge is 0.504 e. The van der Waals surface area contributed by atoms with Gasteiger partial charge in [0.2, 0.25) is 0 Å². The minimum absolute atomic E-state index is 0.156. The zero-order valence-corrected chi connectivity index (χ0v) is 14.5. The summed E-state index contributed by atoms with van der Waals surface area (Å²) in [7, 11) is 0. The first kappa shape index (κ1) is 19.3. The van der Waals surface area contributed by atoms with E-state index in [1.54, 1.807) is 12.1 Å². The van der Waals surface area contributed by atoms with E-state index in [-0.39, 0.29) is 11.5 Å². The van der Waals surface area contributed by atoms with Crippen LogP contribution in [0.3, 0.4) is 0 Å². The number of unbranched alkanes of at least 4 members (excludes halogenated alkanes) is 4. The minimum Gasteiger partial charge on any atom is -0.504 e. The average molecular weight is 318 g/mol. The third kappa shape index (κ3) is 8.44. The lowest BCUT2D eigenvalue weighted by atomic mass is 10.1. The van der Waals surface area contributed by atoms with Gasteiger partial charge in [0.05, 0.1) is 6.61 Å². The smallest absolute Gasteiger partial charge is 0.161 e. The molecule has 3 nitrogen and oxygen atoms in total. The van der Waals surface area contributed by atoms with Crippen LogP contribution in [0.15, 0.2) is 30.4 Å². The lowest BCUT2D eigenvalue weighted by molar-refractivity contribution is -0.114. The predicted molar refractivity (Wildman–Crippen MR) is 95.1 cm³/mol. The molecule has 0 aliphatic carbocycles. The molecule has 0 saturated carbocycles. The maximum Gasteiger partial charge on any atom is 0.161 e. The number of phenolic OH excluding ortho intramolecular Hbond substituents is 1. The molecule has 1 aromatic carbocycles. The van der Waals surface area contributed by atoms with Crippen LogP contribution in [0.1, 0.15) is 64.4 Å². The van der Waals surface area contributed by atoms with Gasteiger partial charge in [0.25, 0.3) is 0 Å². The van der Waals surface area contributed by atoms with Crippen molar-refractivity contribution in [2.24, 2.45) is 0 Å². The van der Waals surface area contributed by atoms with Crippen LogP contribution in [0, 0.1) is 0 Å². The number of aromatic hydroxyl groups is 1. The quantitative estimate of drug-likeness (QED) is 0.425. The number of allylic oxidation sites excluding steroid dienone is 2. The van der Waals surface area contributed by atoms with Crippen molar-refractivity contribution < 1.29 is 14.6 Å². The first-order valence-electron chi connectivity index (χ1n) is 8.81. The number of ether oxygens (including phenoxy) is 1. The number of carbonyl (C=O) groups excluding carboxylic acids is 1. The number of ketones is 1. The Hall–Kier alpha value is -1.77. The van der Waals surface area contributed by atoms with Gasteiger partial charge in [0.15, 0.2) is 17.3 Å². The number of carbonyl (C=O) groups is 1. The highest BCUT2D eigenvalue weighted by molar-refractivity contribution is 5.89. The number of benzene rings is 1. The molecular formula is C20H30O3. The summed E-state index contributed by atoms with van der Waals surface area (Å²) >= 11 is 0. The lowest BCUT2D eigenvalue weighted by Gasteiger charge is -2.09. The Labute approximate surface area is 140 Å². The third-order valence-electron chi connectivity index (χ3n) is 3.72. The highest BCUT2D eigenvalue weighted by Gasteiger charge is 2.05. The molecule has 0 bridgehead atoms. The maximum atomic E-state index is 11.8. The summed E-state index contributed by atoms with van der Waals surface area (Å²) in [6.45, 7) is 4.88. The Kier molecular flexibility index (Phi) is 9.85. The van der Waals surface area contributed by atoms with E-state index >= 15 is 0 Å². The first-order valence-corrected chi connectivity index (χ1v) is 8.81. The zero-order valence-electron chi connectivity index (χ0n) is 14.5. The van der Waals surface area contributed by atoms with Crippen molar-refractivity contribution in [3.05, 3.63) is 35.9 Å². The van der Waals surface area contributed by atoms with Crippen molar-refractivity contribution in [1.82, 2.24) is 0 Å². The van der Waals surface area contributed by atoms with E-state index in [1.807, 2.05) is 18.2 Å². The Morgan fingerprint density at radius 1 is 1.17 bits per heavy atom. The summed E-state index contributed by atoms with van der Waals surface area (Å²) in [4.78, 5) is 11.8. The zero-order chi connectivity index (χ0) is 16.9. The molecule has 0 aliphatic rings. The molecule has 1 rings (SSSR count). The van der Waals surface area contributed by atoms with E-state index in [0.29, 0.717) is 25.2 Å². The van der Waals surface area contributed by atoms with Crippen molar-refractivity contribution in [2.45, 2.75) is 65.2 Å². The van der Waals surface area contributed by atoms with Gasteiger partial charge in [0.1, 0.15) is 0 Å². The van der Waals surface area contributed by atoms with Gasteiger partial charge >= 0.3 is 0 Å². The monoisotopic (exact) mass is 318 g/mol. The van der Waals surface area contributed by atoms with Crippen LogP contribution >= 0.6 is 0 Å². The second kappa shape index (κ2) is 11.8. The molecule has 23 heavy (non-hydrogen) atoms. The first-order chi connectivity index (χ1) is 11.2. The Morgan fingerprint density at radius 3 is 2.70 bits per heavy atom. The normalized spacial score (nSPS) is 11.0. The highest BCUT2D eigenvalue weighted by Crippen LogP contribution is 2.27. The SMILES string of the molecule is CCCCCC=CC(=O)CCc1ccc(O)c(OCCCC)c1. The fraction of sp³-hybridized carbons (Fsp3) is 0.550. The van der Waals surface area contributed by atoms with Crippen LogP contribution in [0.25, 0.3) is 0 Å². The van der Waals surface area contributed by atoms with Gasteiger partial charge in [-0.25, -0.2) is 0 Å². The van der Waals surface area contributed by atoms with Crippen LogP contribution in [0.4, 0.5) is 0 Å². The van der Waals surface area contributed by atoms with E-state index in [4.69, 9.17) is 4.74 Å². The van der Waals surface area contributed by atoms with Gasteiger partial charge in [-0.05, 0) is 49.5 Å². The van der Waals surface area contributed by atoms with Crippen molar-refractivity contribution in [3.63, 3.8) is 0 Å². The second-order valence-corrected chi connectivity index (χ2v) is 5.87. The molecule has 0 radical (unpaired) electrons. The molecule has 0 aliphatic heterocycles. The van der Waals surface area contributed by atoms with Gasteiger partial charge in [-0.2, -0.15) is 0 Å². The maximum absolute atomic E-state index is 11.8. The highest BCUT2D eigenvalue weighted by atomic mass is 16.5. The number of phenols is 1.